The van der Waals surface area contributed by atoms with Gasteiger partial charge < -0.3 is 0 Å². The maximum absolute atomic E-state index is 12.6. The van der Waals surface area contributed by atoms with Crippen molar-refractivity contribution in [3.63, 3.8) is 0 Å². The van der Waals surface area contributed by atoms with E-state index in [-0.39, 0.29) is 11.8 Å². The highest BCUT2D eigenvalue weighted by molar-refractivity contribution is 7.15. The van der Waals surface area contributed by atoms with Gasteiger partial charge in [0.25, 0.3) is 0 Å². The monoisotopic (exact) mass is 369 g/mol. The Hall–Kier alpha value is -1.30. The summed E-state index contributed by atoms with van der Waals surface area (Å²) in [5.41, 5.74) is -0.128. The van der Waals surface area contributed by atoms with E-state index in [1.807, 2.05) is 0 Å². The molecule has 0 bridgehead atoms. The van der Waals surface area contributed by atoms with Gasteiger partial charge in [-0.2, -0.15) is 13.2 Å². The quantitative estimate of drug-likeness (QED) is 0.617. The lowest BCUT2D eigenvalue weighted by molar-refractivity contribution is -0.492. The molecular formula is C12H11ClF3N3O3S. The first-order valence-electron chi connectivity index (χ1n) is 6.19. The number of aromatic nitrogens is 2. The number of hydrogen-bond donors (Lipinski definition) is 2. The largest absolute Gasteiger partial charge is 0.433 e. The maximum Gasteiger partial charge on any atom is 0.433 e. The van der Waals surface area contributed by atoms with Gasteiger partial charge in [0.15, 0.2) is 0 Å². The highest BCUT2D eigenvalue weighted by Gasteiger charge is 2.33. The van der Waals surface area contributed by atoms with Crippen LogP contribution in [0.25, 0.3) is 10.6 Å². The second kappa shape index (κ2) is 7.07. The summed E-state index contributed by atoms with van der Waals surface area (Å²) in [6.07, 6.45) is -4.23. The van der Waals surface area contributed by atoms with Gasteiger partial charge in [-0.05, 0) is 19.1 Å². The minimum atomic E-state index is -4.57. The zero-order valence-corrected chi connectivity index (χ0v) is 13.2. The van der Waals surface area contributed by atoms with Crippen LogP contribution in [0.2, 0.25) is 5.15 Å². The third-order valence-electron chi connectivity index (χ3n) is 2.80. The van der Waals surface area contributed by atoms with Gasteiger partial charge in [-0.1, -0.05) is 11.6 Å². The van der Waals surface area contributed by atoms with Crippen LogP contribution in [-0.2, 0) is 17.4 Å². The third-order valence-corrected chi connectivity index (χ3v) is 4.34. The van der Waals surface area contributed by atoms with E-state index in [1.165, 1.54) is 17.4 Å². The van der Waals surface area contributed by atoms with Crippen LogP contribution in [0.4, 0.5) is 13.2 Å². The molecule has 2 aromatic heterocycles. The molecule has 0 spiro atoms. The molecule has 0 atom stereocenters. The Morgan fingerprint density at radius 1 is 1.30 bits per heavy atom. The Kier molecular flexibility index (Phi) is 5.55. The minimum absolute atomic E-state index is 0.00549. The summed E-state index contributed by atoms with van der Waals surface area (Å²) < 4.78 is 37.7. The number of hydrogen-bond acceptors (Lipinski definition) is 7. The fourth-order valence-corrected chi connectivity index (χ4v) is 3.12. The number of aryl methyl sites for hydroxylation is 1. The van der Waals surface area contributed by atoms with E-state index in [9.17, 15) is 13.2 Å². The Bertz CT molecular complexity index is 694. The predicted octanol–water partition coefficient (Wildman–Crippen LogP) is 3.74. The predicted molar refractivity (Wildman–Crippen MR) is 75.2 cm³/mol. The Morgan fingerprint density at radius 3 is 2.57 bits per heavy atom. The van der Waals surface area contributed by atoms with Crippen LogP contribution in [0.1, 0.15) is 16.3 Å². The average Bonchev–Trinajstić information content (AvgIpc) is 2.78. The summed E-state index contributed by atoms with van der Waals surface area (Å²) in [6, 6.07) is 2.07. The third kappa shape index (κ3) is 4.59. The molecule has 23 heavy (non-hydrogen) atoms. The Balaban J connectivity index is 2.22. The van der Waals surface area contributed by atoms with Crippen LogP contribution in [0, 0.1) is 6.92 Å². The second-order valence-electron chi connectivity index (χ2n) is 4.40. The number of thiazole rings is 1. The molecule has 0 saturated heterocycles. The van der Waals surface area contributed by atoms with Crippen molar-refractivity contribution >= 4 is 22.9 Å². The Morgan fingerprint density at radius 2 is 2.00 bits per heavy atom. The van der Waals surface area contributed by atoms with Gasteiger partial charge in [-0.3, -0.25) is 15.3 Å². The van der Waals surface area contributed by atoms with Crippen molar-refractivity contribution < 1.29 is 28.4 Å². The molecule has 0 fully saturated rings. The van der Waals surface area contributed by atoms with Crippen molar-refractivity contribution in [2.45, 2.75) is 19.5 Å². The maximum atomic E-state index is 12.6. The van der Waals surface area contributed by atoms with Crippen molar-refractivity contribution in [1.82, 2.24) is 15.4 Å². The Labute approximate surface area is 137 Å². The molecule has 0 aliphatic rings. The first-order chi connectivity index (χ1) is 10.7. The van der Waals surface area contributed by atoms with Crippen molar-refractivity contribution in [1.29, 1.82) is 0 Å². The number of rotatable bonds is 5. The molecular weight excluding hydrogens is 359 g/mol. The summed E-state index contributed by atoms with van der Waals surface area (Å²) in [7, 11) is 0. The van der Waals surface area contributed by atoms with E-state index in [1.54, 1.807) is 6.92 Å². The highest BCUT2D eigenvalue weighted by atomic mass is 35.5. The number of alkyl halides is 3. The first kappa shape index (κ1) is 18.0. The second-order valence-corrected chi connectivity index (χ2v) is 5.84. The van der Waals surface area contributed by atoms with Gasteiger partial charge in [0.1, 0.15) is 15.9 Å². The molecule has 2 heterocycles. The average molecular weight is 370 g/mol. The lowest BCUT2D eigenvalue weighted by atomic mass is 10.2. The fraction of sp³-hybridized carbons (Fsp3) is 0.333. The lowest BCUT2D eigenvalue weighted by Crippen LogP contribution is -2.16. The summed E-state index contributed by atoms with van der Waals surface area (Å²) in [5.74, 6) is 0. The van der Waals surface area contributed by atoms with Crippen molar-refractivity contribution in [3.8, 4) is 10.6 Å². The molecule has 2 aromatic rings. The molecule has 0 amide bonds. The van der Waals surface area contributed by atoms with E-state index in [2.05, 4.69) is 14.8 Å². The SMILES string of the molecule is Cc1nc(-c2ccc(C(F)(F)F)nc2Cl)sc1CCON(O)O. The van der Waals surface area contributed by atoms with E-state index < -0.39 is 17.3 Å². The van der Waals surface area contributed by atoms with Crippen LogP contribution in [0.15, 0.2) is 12.1 Å². The van der Waals surface area contributed by atoms with Crippen molar-refractivity contribution in [2.24, 2.45) is 0 Å². The van der Waals surface area contributed by atoms with E-state index in [0.717, 1.165) is 10.9 Å². The highest BCUT2D eigenvalue weighted by Crippen LogP contribution is 2.35. The smallest absolute Gasteiger partial charge is 0.266 e. The van der Waals surface area contributed by atoms with Gasteiger partial charge in [0, 0.05) is 16.9 Å². The summed E-state index contributed by atoms with van der Waals surface area (Å²) in [4.78, 5) is 12.8. The zero-order valence-electron chi connectivity index (χ0n) is 11.6. The standard InChI is InChI=1S/C12H11ClF3N3O3S/c1-6-8(4-5-22-19(20)21)23-11(17-6)7-2-3-9(12(14,15)16)18-10(7)13/h2-3,20-21H,4-5H2,1H3. The number of pyridine rings is 1. The molecule has 0 aromatic carbocycles. The first-order valence-corrected chi connectivity index (χ1v) is 7.39. The molecule has 0 aliphatic heterocycles. The van der Waals surface area contributed by atoms with Gasteiger partial charge in [0.05, 0.1) is 17.7 Å². The number of nitrogens with zero attached hydrogens (tertiary/aromatic N) is 3. The fourth-order valence-electron chi connectivity index (χ4n) is 1.75. The van der Waals surface area contributed by atoms with Crippen molar-refractivity contribution in [2.75, 3.05) is 6.61 Å². The van der Waals surface area contributed by atoms with Crippen molar-refractivity contribution in [3.05, 3.63) is 33.6 Å². The molecule has 2 N–H and O–H groups in total. The lowest BCUT2D eigenvalue weighted by Gasteiger charge is -2.07. The molecule has 0 saturated carbocycles. The van der Waals surface area contributed by atoms with Gasteiger partial charge in [0.2, 0.25) is 0 Å². The minimum Gasteiger partial charge on any atom is -0.266 e. The normalized spacial score (nSPS) is 12.2. The molecule has 0 unspecified atom stereocenters. The van der Waals surface area contributed by atoms with Crippen LogP contribution in [-0.4, -0.2) is 32.4 Å². The molecule has 126 valence electrons. The molecule has 2 rings (SSSR count). The molecule has 0 radical (unpaired) electrons. The number of halogens is 4. The molecule has 11 heteroatoms. The zero-order chi connectivity index (χ0) is 17.2. The van der Waals surface area contributed by atoms with Crippen LogP contribution >= 0.6 is 22.9 Å². The van der Waals surface area contributed by atoms with Gasteiger partial charge in [-0.25, -0.2) is 9.97 Å². The molecule has 0 aliphatic carbocycles. The summed E-state index contributed by atoms with van der Waals surface area (Å²) in [5, 5.41) is 16.6. The summed E-state index contributed by atoms with van der Waals surface area (Å²) in [6.45, 7) is 1.71. The topological polar surface area (TPSA) is 78.7 Å². The summed E-state index contributed by atoms with van der Waals surface area (Å²) >= 11 is 7.05. The van der Waals surface area contributed by atoms with E-state index in [0.29, 0.717) is 22.7 Å². The van der Waals surface area contributed by atoms with Gasteiger partial charge in [-0.15, -0.1) is 11.3 Å². The van der Waals surface area contributed by atoms with Crippen LogP contribution in [0.3, 0.4) is 0 Å². The van der Waals surface area contributed by atoms with Crippen LogP contribution in [0.5, 0.6) is 0 Å². The molecule has 6 nitrogen and oxygen atoms in total. The van der Waals surface area contributed by atoms with E-state index >= 15 is 0 Å². The van der Waals surface area contributed by atoms with Crippen LogP contribution < -0.4 is 0 Å². The van der Waals surface area contributed by atoms with Gasteiger partial charge >= 0.3 is 6.18 Å². The van der Waals surface area contributed by atoms with E-state index in [4.69, 9.17) is 22.0 Å².